The Balaban J connectivity index is 1.54. The SMILES string of the molecule is CCN1C(=O)c2cccc3c(NC(=O)c4ccc5c(c4)OCO5)ccc1c23. The van der Waals surface area contributed by atoms with E-state index in [2.05, 4.69) is 5.32 Å². The van der Waals surface area contributed by atoms with Gasteiger partial charge in [-0.15, -0.1) is 0 Å². The largest absolute Gasteiger partial charge is 0.454 e. The number of hydrogen-bond acceptors (Lipinski definition) is 4. The Bertz CT molecular complexity index is 1120. The number of ether oxygens (including phenoxy) is 2. The van der Waals surface area contributed by atoms with Crippen LogP contribution < -0.4 is 19.7 Å². The Morgan fingerprint density at radius 2 is 1.96 bits per heavy atom. The van der Waals surface area contributed by atoms with Crippen LogP contribution in [0.2, 0.25) is 0 Å². The number of hydrogen-bond donors (Lipinski definition) is 1. The van der Waals surface area contributed by atoms with Crippen LogP contribution in [0.5, 0.6) is 11.5 Å². The summed E-state index contributed by atoms with van der Waals surface area (Å²) in [5.74, 6) is 0.949. The zero-order valence-corrected chi connectivity index (χ0v) is 14.6. The number of amides is 2. The standard InChI is InChI=1S/C21H16N2O4/c1-2-23-16-8-7-15(13-4-3-5-14(19(13)16)21(23)25)22-20(24)12-6-9-17-18(10-12)27-11-26-17/h3-10H,2,11H2,1H3,(H,22,24). The van der Waals surface area contributed by atoms with Crippen molar-refractivity contribution in [3.63, 3.8) is 0 Å². The number of fused-ring (bicyclic) bond motifs is 1. The number of benzene rings is 3. The van der Waals surface area contributed by atoms with Gasteiger partial charge in [-0.3, -0.25) is 9.59 Å². The highest BCUT2D eigenvalue weighted by molar-refractivity contribution is 6.27. The molecule has 0 aliphatic carbocycles. The summed E-state index contributed by atoms with van der Waals surface area (Å²) in [7, 11) is 0. The minimum atomic E-state index is -0.245. The van der Waals surface area contributed by atoms with Crippen LogP contribution in [0.15, 0.2) is 48.5 Å². The van der Waals surface area contributed by atoms with Gasteiger partial charge in [0.1, 0.15) is 0 Å². The Hall–Kier alpha value is -3.54. The summed E-state index contributed by atoms with van der Waals surface area (Å²) >= 11 is 0. The molecule has 27 heavy (non-hydrogen) atoms. The number of rotatable bonds is 3. The second-order valence-corrected chi connectivity index (χ2v) is 6.43. The summed E-state index contributed by atoms with van der Waals surface area (Å²) in [6.45, 7) is 2.72. The lowest BCUT2D eigenvalue weighted by atomic mass is 10.0. The third-order valence-corrected chi connectivity index (χ3v) is 4.98. The molecule has 0 saturated carbocycles. The van der Waals surface area contributed by atoms with E-state index in [1.807, 2.05) is 37.3 Å². The van der Waals surface area contributed by atoms with E-state index in [1.165, 1.54) is 0 Å². The average molecular weight is 360 g/mol. The van der Waals surface area contributed by atoms with Crippen molar-refractivity contribution in [2.24, 2.45) is 0 Å². The smallest absolute Gasteiger partial charge is 0.258 e. The van der Waals surface area contributed by atoms with Crippen LogP contribution in [-0.2, 0) is 0 Å². The first-order valence-electron chi connectivity index (χ1n) is 8.76. The summed E-state index contributed by atoms with van der Waals surface area (Å²) in [6.07, 6.45) is 0. The fourth-order valence-electron chi connectivity index (χ4n) is 3.70. The molecule has 6 nitrogen and oxygen atoms in total. The van der Waals surface area contributed by atoms with Crippen LogP contribution in [-0.4, -0.2) is 25.2 Å². The van der Waals surface area contributed by atoms with Crippen molar-refractivity contribution < 1.29 is 19.1 Å². The number of nitrogens with zero attached hydrogens (tertiary/aromatic N) is 1. The average Bonchev–Trinajstić information content (AvgIpc) is 3.27. The molecule has 2 amide bonds. The van der Waals surface area contributed by atoms with Gasteiger partial charge in [0.2, 0.25) is 6.79 Å². The van der Waals surface area contributed by atoms with Crippen LogP contribution in [0, 0.1) is 0 Å². The topological polar surface area (TPSA) is 67.9 Å². The molecule has 5 rings (SSSR count). The lowest BCUT2D eigenvalue weighted by molar-refractivity contribution is 0.0992. The Labute approximate surface area is 155 Å². The lowest BCUT2D eigenvalue weighted by Gasteiger charge is -2.15. The molecule has 3 aromatic carbocycles. The summed E-state index contributed by atoms with van der Waals surface area (Å²) in [5, 5.41) is 4.69. The molecule has 0 unspecified atom stereocenters. The van der Waals surface area contributed by atoms with Crippen molar-refractivity contribution in [1.82, 2.24) is 0 Å². The fourth-order valence-corrected chi connectivity index (χ4v) is 3.70. The molecular weight excluding hydrogens is 344 g/mol. The molecule has 0 aromatic heterocycles. The monoisotopic (exact) mass is 360 g/mol. The molecule has 0 spiro atoms. The van der Waals surface area contributed by atoms with Gasteiger partial charge in [0.15, 0.2) is 11.5 Å². The molecule has 0 atom stereocenters. The number of anilines is 2. The van der Waals surface area contributed by atoms with Crippen LogP contribution in [0.4, 0.5) is 11.4 Å². The second kappa shape index (κ2) is 5.74. The predicted molar refractivity (Wildman–Crippen MR) is 102 cm³/mol. The van der Waals surface area contributed by atoms with E-state index in [0.29, 0.717) is 34.9 Å². The molecular formula is C21H16N2O4. The number of carbonyl (C=O) groups is 2. The van der Waals surface area contributed by atoms with E-state index >= 15 is 0 Å². The highest BCUT2D eigenvalue weighted by atomic mass is 16.7. The number of nitrogens with one attached hydrogen (secondary N) is 1. The minimum absolute atomic E-state index is 0.00246. The molecule has 2 heterocycles. The Morgan fingerprint density at radius 3 is 2.81 bits per heavy atom. The number of carbonyl (C=O) groups excluding carboxylic acids is 2. The maximum Gasteiger partial charge on any atom is 0.258 e. The zero-order valence-electron chi connectivity index (χ0n) is 14.6. The van der Waals surface area contributed by atoms with Gasteiger partial charge in [0.05, 0.1) is 5.69 Å². The van der Waals surface area contributed by atoms with E-state index < -0.39 is 0 Å². The van der Waals surface area contributed by atoms with Crippen molar-refractivity contribution in [1.29, 1.82) is 0 Å². The molecule has 1 N–H and O–H groups in total. The van der Waals surface area contributed by atoms with Gasteiger partial charge in [-0.05, 0) is 43.3 Å². The molecule has 2 aliphatic heterocycles. The predicted octanol–water partition coefficient (Wildman–Crippen LogP) is 3.80. The molecule has 134 valence electrons. The maximum atomic E-state index is 12.7. The van der Waals surface area contributed by atoms with Gasteiger partial charge in [0.25, 0.3) is 11.8 Å². The first kappa shape index (κ1) is 15.7. The van der Waals surface area contributed by atoms with Gasteiger partial charge in [-0.2, -0.15) is 0 Å². The maximum absolute atomic E-state index is 12.7. The molecule has 2 aliphatic rings. The van der Waals surface area contributed by atoms with Crippen molar-refractivity contribution in [3.05, 3.63) is 59.7 Å². The van der Waals surface area contributed by atoms with Crippen LogP contribution in [0.3, 0.4) is 0 Å². The summed E-state index contributed by atoms with van der Waals surface area (Å²) in [6, 6.07) is 14.4. The minimum Gasteiger partial charge on any atom is -0.454 e. The summed E-state index contributed by atoms with van der Waals surface area (Å²) in [5.41, 5.74) is 2.70. The quantitative estimate of drug-likeness (QED) is 0.771. The van der Waals surface area contributed by atoms with E-state index in [9.17, 15) is 9.59 Å². The van der Waals surface area contributed by atoms with E-state index in [1.54, 1.807) is 23.1 Å². The van der Waals surface area contributed by atoms with Gasteiger partial charge in [-0.25, -0.2) is 0 Å². The van der Waals surface area contributed by atoms with Gasteiger partial charge < -0.3 is 19.7 Å². The third kappa shape index (κ3) is 2.26. The van der Waals surface area contributed by atoms with E-state index in [0.717, 1.165) is 16.5 Å². The molecule has 0 radical (unpaired) electrons. The molecule has 0 saturated heterocycles. The van der Waals surface area contributed by atoms with E-state index in [4.69, 9.17) is 9.47 Å². The molecule has 3 aromatic rings. The first-order chi connectivity index (χ1) is 13.2. The fraction of sp³-hybridized carbons (Fsp3) is 0.143. The van der Waals surface area contributed by atoms with Crippen LogP contribution in [0.25, 0.3) is 10.8 Å². The highest BCUT2D eigenvalue weighted by Gasteiger charge is 2.29. The molecule has 0 bridgehead atoms. The summed E-state index contributed by atoms with van der Waals surface area (Å²) < 4.78 is 10.6. The third-order valence-electron chi connectivity index (χ3n) is 4.98. The van der Waals surface area contributed by atoms with Gasteiger partial charge in [0, 0.05) is 34.1 Å². The molecule has 6 heteroatoms. The highest BCUT2D eigenvalue weighted by Crippen LogP contribution is 2.40. The summed E-state index contributed by atoms with van der Waals surface area (Å²) in [4.78, 5) is 27.1. The Morgan fingerprint density at radius 1 is 1.11 bits per heavy atom. The first-order valence-corrected chi connectivity index (χ1v) is 8.76. The lowest BCUT2D eigenvalue weighted by Crippen LogP contribution is -2.25. The van der Waals surface area contributed by atoms with Gasteiger partial charge in [-0.1, -0.05) is 12.1 Å². The Kier molecular flexibility index (Phi) is 3.33. The second-order valence-electron chi connectivity index (χ2n) is 6.43. The molecule has 0 fully saturated rings. The normalized spacial score (nSPS) is 14.1. The van der Waals surface area contributed by atoms with Crippen molar-refractivity contribution in [2.75, 3.05) is 23.6 Å². The van der Waals surface area contributed by atoms with Gasteiger partial charge >= 0.3 is 0 Å². The van der Waals surface area contributed by atoms with Crippen molar-refractivity contribution >= 4 is 34.0 Å². The van der Waals surface area contributed by atoms with Crippen LogP contribution >= 0.6 is 0 Å². The van der Waals surface area contributed by atoms with E-state index in [-0.39, 0.29) is 18.6 Å². The van der Waals surface area contributed by atoms with Crippen molar-refractivity contribution in [2.45, 2.75) is 6.92 Å². The van der Waals surface area contributed by atoms with Crippen molar-refractivity contribution in [3.8, 4) is 11.5 Å². The zero-order chi connectivity index (χ0) is 18.5. The van der Waals surface area contributed by atoms with Crippen LogP contribution in [0.1, 0.15) is 27.6 Å².